The molecule has 31 heavy (non-hydrogen) atoms. The van der Waals surface area contributed by atoms with Crippen molar-refractivity contribution in [2.75, 3.05) is 6.61 Å². The summed E-state index contributed by atoms with van der Waals surface area (Å²) in [4.78, 5) is 26.7. The average Bonchev–Trinajstić information content (AvgIpc) is 2.65. The molecule has 0 aromatic heterocycles. The van der Waals surface area contributed by atoms with E-state index in [-0.39, 0.29) is 41.0 Å². The molecule has 1 aromatic carbocycles. The molecule has 1 N–H and O–H groups in total. The van der Waals surface area contributed by atoms with Gasteiger partial charge in [-0.2, -0.15) is 0 Å². The van der Waals surface area contributed by atoms with E-state index in [1.54, 1.807) is 0 Å². The van der Waals surface area contributed by atoms with Crippen LogP contribution < -0.4 is 4.74 Å². The van der Waals surface area contributed by atoms with Crippen molar-refractivity contribution >= 4 is 5.78 Å². The number of unbranched alkanes of at least 4 members (excludes halogenated alkanes) is 3. The maximum Gasteiger partial charge on any atom is 0.294 e. The van der Waals surface area contributed by atoms with E-state index >= 15 is 0 Å². The molecule has 1 heterocycles. The van der Waals surface area contributed by atoms with E-state index in [1.807, 2.05) is 6.07 Å². The number of carbonyl (C=O) groups excluding carboxylic acids is 1. The first-order valence-electron chi connectivity index (χ1n) is 11.4. The number of hydrogen-bond acceptors (Lipinski definition) is 6. The molecule has 0 radical (unpaired) electrons. The molecule has 1 saturated carbocycles. The summed E-state index contributed by atoms with van der Waals surface area (Å²) in [6.45, 7) is 8.63. The molecule has 7 heteroatoms. The average molecular weight is 434 g/mol. The van der Waals surface area contributed by atoms with Crippen molar-refractivity contribution in [3.8, 4) is 11.5 Å². The molecule has 0 saturated heterocycles. The third kappa shape index (κ3) is 5.31. The Labute approximate surface area is 184 Å². The van der Waals surface area contributed by atoms with Gasteiger partial charge in [-0.1, -0.05) is 33.1 Å². The van der Waals surface area contributed by atoms with E-state index in [1.165, 1.54) is 0 Å². The normalized spacial score (nSPS) is 22.3. The van der Waals surface area contributed by atoms with Crippen LogP contribution in [0.4, 0.5) is 0 Å². The molecule has 0 bridgehead atoms. The lowest BCUT2D eigenvalue weighted by Crippen LogP contribution is -2.47. The highest BCUT2D eigenvalue weighted by atomic mass is 16.9. The van der Waals surface area contributed by atoms with Crippen LogP contribution in [0.2, 0.25) is 0 Å². The number of Topliss-reactive ketones (excluding diaryl/α,β-unsaturated/α-hetero) is 1. The van der Waals surface area contributed by atoms with Crippen LogP contribution in [0.5, 0.6) is 11.5 Å². The van der Waals surface area contributed by atoms with Gasteiger partial charge in [-0.05, 0) is 56.2 Å². The molecule has 172 valence electrons. The largest absolute Gasteiger partial charge is 0.508 e. The lowest BCUT2D eigenvalue weighted by atomic mass is 9.66. The predicted molar refractivity (Wildman–Crippen MR) is 117 cm³/mol. The molecule has 1 aromatic rings. The minimum atomic E-state index is -0.750. The lowest BCUT2D eigenvalue weighted by molar-refractivity contribution is -0.757. The molecule has 2 atom stereocenters. The summed E-state index contributed by atoms with van der Waals surface area (Å²) in [5, 5.41) is 20.4. The Morgan fingerprint density at radius 2 is 1.97 bits per heavy atom. The predicted octanol–water partition coefficient (Wildman–Crippen LogP) is 5.45. The third-order valence-corrected chi connectivity index (χ3v) is 7.10. The summed E-state index contributed by atoms with van der Waals surface area (Å²) in [5.74, 6) is 1.44. The van der Waals surface area contributed by atoms with Crippen molar-refractivity contribution in [1.82, 2.24) is 0 Å². The van der Waals surface area contributed by atoms with Crippen molar-refractivity contribution in [2.24, 2.45) is 5.92 Å². The van der Waals surface area contributed by atoms with Crippen LogP contribution in [0.1, 0.15) is 96.1 Å². The zero-order valence-electron chi connectivity index (χ0n) is 19.1. The number of fused-ring (bicyclic) bond motifs is 3. The first kappa shape index (κ1) is 23.4. The number of carbonyl (C=O) groups is 1. The molecule has 7 nitrogen and oxygen atoms in total. The van der Waals surface area contributed by atoms with Gasteiger partial charge in [0.2, 0.25) is 0 Å². The van der Waals surface area contributed by atoms with Gasteiger partial charge in [-0.25, -0.2) is 0 Å². The molecule has 3 rings (SSSR count). The summed E-state index contributed by atoms with van der Waals surface area (Å²) in [5.41, 5.74) is 1.29. The standard InChI is InChI=1S/C24H35NO6/c1-23(2,11-7-5-6-8-12-30-25(28)29)16-13-20(27)22-18-15-17(26)9-10-19(18)24(3,4)31-21(22)14-16/h13-14,18-19,27H,5-12,15H2,1-4H3/t18-,19-/m1/s1. The molecular weight excluding hydrogens is 398 g/mol. The van der Waals surface area contributed by atoms with E-state index in [0.29, 0.717) is 25.0 Å². The summed E-state index contributed by atoms with van der Waals surface area (Å²) in [6, 6.07) is 3.90. The number of hydrogen-bond donors (Lipinski definition) is 1. The Morgan fingerprint density at radius 3 is 2.68 bits per heavy atom. The second-order valence-electron chi connectivity index (χ2n) is 10.2. The number of ketones is 1. The van der Waals surface area contributed by atoms with Crippen molar-refractivity contribution < 1.29 is 24.6 Å². The molecular formula is C24H35NO6. The highest BCUT2D eigenvalue weighted by Gasteiger charge is 2.47. The van der Waals surface area contributed by atoms with Crippen LogP contribution >= 0.6 is 0 Å². The Morgan fingerprint density at radius 1 is 1.26 bits per heavy atom. The van der Waals surface area contributed by atoms with E-state index in [9.17, 15) is 20.0 Å². The third-order valence-electron chi connectivity index (χ3n) is 7.10. The van der Waals surface area contributed by atoms with Crippen LogP contribution in [0.3, 0.4) is 0 Å². The van der Waals surface area contributed by atoms with Gasteiger partial charge in [-0.15, -0.1) is 10.1 Å². The van der Waals surface area contributed by atoms with E-state index in [0.717, 1.165) is 43.2 Å². The van der Waals surface area contributed by atoms with E-state index < -0.39 is 5.09 Å². The highest BCUT2D eigenvalue weighted by Crippen LogP contribution is 2.54. The van der Waals surface area contributed by atoms with Gasteiger partial charge >= 0.3 is 0 Å². The van der Waals surface area contributed by atoms with Crippen LogP contribution in [0, 0.1) is 16.0 Å². The number of benzene rings is 1. The van der Waals surface area contributed by atoms with Crippen molar-refractivity contribution in [3.63, 3.8) is 0 Å². The summed E-state index contributed by atoms with van der Waals surface area (Å²) >= 11 is 0. The van der Waals surface area contributed by atoms with Gasteiger partial charge in [0, 0.05) is 30.2 Å². The zero-order valence-corrected chi connectivity index (χ0v) is 19.1. The maximum atomic E-state index is 12.2. The number of phenols is 1. The van der Waals surface area contributed by atoms with Gasteiger partial charge in [0.15, 0.2) is 0 Å². The molecule has 0 unspecified atom stereocenters. The fourth-order valence-corrected chi connectivity index (χ4v) is 5.27. The number of rotatable bonds is 9. The Balaban J connectivity index is 1.70. The van der Waals surface area contributed by atoms with E-state index in [4.69, 9.17) is 4.74 Å². The van der Waals surface area contributed by atoms with Crippen molar-refractivity contribution in [3.05, 3.63) is 33.4 Å². The first-order valence-corrected chi connectivity index (χ1v) is 11.4. The molecule has 1 aliphatic heterocycles. The minimum absolute atomic E-state index is 0.0125. The second kappa shape index (κ2) is 9.05. The van der Waals surface area contributed by atoms with Gasteiger partial charge in [0.05, 0.1) is 6.61 Å². The van der Waals surface area contributed by atoms with Crippen molar-refractivity contribution in [2.45, 2.75) is 96.0 Å². The van der Waals surface area contributed by atoms with Gasteiger partial charge in [0.1, 0.15) is 22.9 Å². The topological polar surface area (TPSA) is 98.9 Å². The highest BCUT2D eigenvalue weighted by molar-refractivity contribution is 5.81. The van der Waals surface area contributed by atoms with Gasteiger partial charge < -0.3 is 14.7 Å². The Kier molecular flexibility index (Phi) is 6.82. The number of ether oxygens (including phenoxy) is 1. The fraction of sp³-hybridized carbons (Fsp3) is 0.708. The Hall–Kier alpha value is -2.31. The van der Waals surface area contributed by atoms with Crippen LogP contribution in [0.15, 0.2) is 12.1 Å². The summed E-state index contributed by atoms with van der Waals surface area (Å²) < 4.78 is 6.39. The lowest BCUT2D eigenvalue weighted by Gasteiger charge is -2.47. The monoisotopic (exact) mass is 433 g/mol. The number of aromatic hydroxyl groups is 1. The number of nitrogens with zero attached hydrogens (tertiary/aromatic N) is 1. The van der Waals surface area contributed by atoms with Crippen LogP contribution in [-0.2, 0) is 15.0 Å². The van der Waals surface area contributed by atoms with Gasteiger partial charge in [-0.3, -0.25) is 4.79 Å². The van der Waals surface area contributed by atoms with Crippen molar-refractivity contribution in [1.29, 1.82) is 0 Å². The molecule has 1 aliphatic carbocycles. The Bertz CT molecular complexity index is 832. The molecule has 1 fully saturated rings. The smallest absolute Gasteiger partial charge is 0.294 e. The molecule has 2 aliphatic rings. The van der Waals surface area contributed by atoms with E-state index in [2.05, 4.69) is 38.6 Å². The second-order valence-corrected chi connectivity index (χ2v) is 10.2. The maximum absolute atomic E-state index is 12.2. The number of phenolic OH excluding ortho intramolecular Hbond substituents is 1. The quantitative estimate of drug-likeness (QED) is 0.316. The van der Waals surface area contributed by atoms with Gasteiger partial charge in [0.25, 0.3) is 5.09 Å². The fourth-order valence-electron chi connectivity index (χ4n) is 5.27. The van der Waals surface area contributed by atoms with Crippen LogP contribution in [-0.4, -0.2) is 28.2 Å². The minimum Gasteiger partial charge on any atom is -0.508 e. The zero-order chi connectivity index (χ0) is 22.8. The van der Waals surface area contributed by atoms with Crippen LogP contribution in [0.25, 0.3) is 0 Å². The summed E-state index contributed by atoms with van der Waals surface area (Å²) in [7, 11) is 0. The molecule has 0 spiro atoms. The summed E-state index contributed by atoms with van der Waals surface area (Å²) in [6.07, 6.45) is 6.30. The first-order chi connectivity index (χ1) is 14.5. The SMILES string of the molecule is CC(C)(CCCCCCO[N+](=O)[O-])c1cc(O)c2c(c1)OC(C)(C)[C@@H]1CCC(=O)C[C@@H]21. The molecule has 0 amide bonds.